The van der Waals surface area contributed by atoms with E-state index in [1.54, 1.807) is 20.8 Å². The molecule has 1 aromatic carbocycles. The first-order chi connectivity index (χ1) is 13.9. The monoisotopic (exact) mass is 437 g/mol. The molecule has 1 fully saturated rings. The van der Waals surface area contributed by atoms with Gasteiger partial charge in [-0.15, -0.1) is 0 Å². The maximum absolute atomic E-state index is 12.7. The minimum Gasteiger partial charge on any atom is -0.467 e. The molecule has 11 heteroatoms. The number of carbonyl (C=O) groups excluding carboxylic acids is 2. The van der Waals surface area contributed by atoms with Gasteiger partial charge in [-0.3, -0.25) is 4.90 Å². The first kappa shape index (κ1) is 23.6. The number of halogens is 4. The van der Waals surface area contributed by atoms with Crippen molar-refractivity contribution in [2.75, 3.05) is 13.7 Å². The lowest BCUT2D eigenvalue weighted by Crippen LogP contribution is -2.43. The molecule has 168 valence electrons. The number of alkyl halides is 4. The summed E-state index contributed by atoms with van der Waals surface area (Å²) in [7, 11) is 1.17. The molecule has 0 bridgehead atoms. The molecule has 1 aliphatic rings. The summed E-state index contributed by atoms with van der Waals surface area (Å²) >= 11 is 0. The SMILES string of the molecule is COC(=O)[C@H]1CC(c2ccc(OC(F)F)c(OC(F)F)c2)CN1C(=O)OC(C)(C)C. The van der Waals surface area contributed by atoms with Crippen LogP contribution in [0.3, 0.4) is 0 Å². The molecule has 0 saturated carbocycles. The number of carbonyl (C=O) groups is 2. The molecule has 1 aliphatic heterocycles. The number of amides is 1. The zero-order valence-electron chi connectivity index (χ0n) is 16.9. The van der Waals surface area contributed by atoms with Gasteiger partial charge >= 0.3 is 25.3 Å². The third kappa shape index (κ3) is 6.14. The Morgan fingerprint density at radius 3 is 2.20 bits per heavy atom. The van der Waals surface area contributed by atoms with E-state index in [9.17, 15) is 27.2 Å². The highest BCUT2D eigenvalue weighted by atomic mass is 19.3. The molecule has 1 aromatic rings. The van der Waals surface area contributed by atoms with Gasteiger partial charge < -0.3 is 18.9 Å². The molecule has 1 saturated heterocycles. The van der Waals surface area contributed by atoms with E-state index in [0.29, 0.717) is 5.56 Å². The van der Waals surface area contributed by atoms with E-state index in [1.165, 1.54) is 18.1 Å². The largest absolute Gasteiger partial charge is 0.467 e. The lowest BCUT2D eigenvalue weighted by molar-refractivity contribution is -0.145. The molecule has 2 atom stereocenters. The highest BCUT2D eigenvalue weighted by Gasteiger charge is 2.42. The Morgan fingerprint density at radius 1 is 1.07 bits per heavy atom. The van der Waals surface area contributed by atoms with Crippen LogP contribution in [0.25, 0.3) is 0 Å². The summed E-state index contributed by atoms with van der Waals surface area (Å²) in [5.41, 5.74) is -0.408. The average molecular weight is 437 g/mol. The predicted octanol–water partition coefficient (Wildman–Crippen LogP) is 4.16. The molecule has 7 nitrogen and oxygen atoms in total. The predicted molar refractivity (Wildman–Crippen MR) is 95.8 cm³/mol. The zero-order chi connectivity index (χ0) is 22.6. The molecular formula is C19H23F4NO6. The molecule has 0 spiro atoms. The lowest BCUT2D eigenvalue weighted by Gasteiger charge is -2.27. The highest BCUT2D eigenvalue weighted by molar-refractivity contribution is 5.82. The Morgan fingerprint density at radius 2 is 1.67 bits per heavy atom. The Balaban J connectivity index is 2.31. The first-order valence-corrected chi connectivity index (χ1v) is 9.02. The first-order valence-electron chi connectivity index (χ1n) is 9.02. The summed E-state index contributed by atoms with van der Waals surface area (Å²) in [4.78, 5) is 25.9. The number of hydrogen-bond donors (Lipinski definition) is 0. The third-order valence-corrected chi connectivity index (χ3v) is 4.27. The summed E-state index contributed by atoms with van der Waals surface area (Å²) in [5, 5.41) is 0. The van der Waals surface area contributed by atoms with Crippen LogP contribution in [0, 0.1) is 0 Å². The highest BCUT2D eigenvalue weighted by Crippen LogP contribution is 2.38. The fourth-order valence-electron chi connectivity index (χ4n) is 3.12. The van der Waals surface area contributed by atoms with E-state index in [1.807, 2.05) is 0 Å². The molecular weight excluding hydrogens is 414 g/mol. The standard InChI is InChI=1S/C19H23F4NO6/c1-19(2,3)30-18(26)24-9-11(7-12(24)15(25)27-4)10-5-6-13(28-16(20)21)14(8-10)29-17(22)23/h5-6,8,11-12,16-17H,7,9H2,1-4H3/t11?,12-/m1/s1. The molecule has 1 heterocycles. The Kier molecular flexibility index (Phi) is 7.38. The van der Waals surface area contributed by atoms with Crippen molar-refractivity contribution in [3.8, 4) is 11.5 Å². The molecule has 2 rings (SSSR count). The molecule has 30 heavy (non-hydrogen) atoms. The topological polar surface area (TPSA) is 74.3 Å². The van der Waals surface area contributed by atoms with Gasteiger partial charge in [-0.2, -0.15) is 17.6 Å². The van der Waals surface area contributed by atoms with Crippen LogP contribution in [-0.2, 0) is 14.3 Å². The van der Waals surface area contributed by atoms with Crippen LogP contribution in [0.2, 0.25) is 0 Å². The molecule has 1 unspecified atom stereocenters. The fraction of sp³-hybridized carbons (Fsp3) is 0.579. The average Bonchev–Trinajstić information content (AvgIpc) is 3.06. The summed E-state index contributed by atoms with van der Waals surface area (Å²) < 4.78 is 69.0. The van der Waals surface area contributed by atoms with Crippen LogP contribution in [0.5, 0.6) is 11.5 Å². The van der Waals surface area contributed by atoms with Crippen molar-refractivity contribution >= 4 is 12.1 Å². The number of hydrogen-bond acceptors (Lipinski definition) is 6. The van der Waals surface area contributed by atoms with Crippen molar-refractivity contribution in [3.05, 3.63) is 23.8 Å². The van der Waals surface area contributed by atoms with Crippen molar-refractivity contribution < 1.29 is 46.1 Å². The fourth-order valence-corrected chi connectivity index (χ4v) is 3.12. The number of nitrogens with zero attached hydrogens (tertiary/aromatic N) is 1. The van der Waals surface area contributed by atoms with E-state index >= 15 is 0 Å². The van der Waals surface area contributed by atoms with E-state index in [4.69, 9.17) is 9.47 Å². The van der Waals surface area contributed by atoms with Gasteiger partial charge in [-0.25, -0.2) is 9.59 Å². The molecule has 0 radical (unpaired) electrons. The molecule has 0 aliphatic carbocycles. The summed E-state index contributed by atoms with van der Waals surface area (Å²) in [5.74, 6) is -2.28. The van der Waals surface area contributed by atoms with E-state index < -0.39 is 54.3 Å². The van der Waals surface area contributed by atoms with Crippen LogP contribution >= 0.6 is 0 Å². The minimum absolute atomic E-state index is 0.0256. The van der Waals surface area contributed by atoms with Crippen molar-refractivity contribution in [1.29, 1.82) is 0 Å². The quantitative estimate of drug-likeness (QED) is 0.492. The van der Waals surface area contributed by atoms with E-state index in [2.05, 4.69) is 9.47 Å². The second-order valence-electron chi connectivity index (χ2n) is 7.57. The van der Waals surface area contributed by atoms with Crippen molar-refractivity contribution in [2.45, 2.75) is 58.0 Å². The number of benzene rings is 1. The third-order valence-electron chi connectivity index (χ3n) is 4.27. The van der Waals surface area contributed by atoms with Gasteiger partial charge in [0.05, 0.1) is 7.11 Å². The zero-order valence-corrected chi connectivity index (χ0v) is 16.9. The van der Waals surface area contributed by atoms with Crippen LogP contribution in [0.15, 0.2) is 18.2 Å². The number of methoxy groups -OCH3 is 1. The van der Waals surface area contributed by atoms with Gasteiger partial charge in [0.1, 0.15) is 11.6 Å². The minimum atomic E-state index is -3.26. The number of esters is 1. The Bertz CT molecular complexity index is 768. The number of ether oxygens (including phenoxy) is 4. The van der Waals surface area contributed by atoms with Crippen LogP contribution in [0.1, 0.15) is 38.7 Å². The number of likely N-dealkylation sites (tertiary alicyclic amines) is 1. The summed E-state index contributed by atoms with van der Waals surface area (Å²) in [6.07, 6.45) is -0.614. The second kappa shape index (κ2) is 9.40. The van der Waals surface area contributed by atoms with Gasteiger partial charge in [0, 0.05) is 12.5 Å². The molecule has 0 aromatic heterocycles. The summed E-state index contributed by atoms with van der Waals surface area (Å²) in [6, 6.07) is 2.63. The lowest BCUT2D eigenvalue weighted by atomic mass is 9.96. The molecule has 1 amide bonds. The summed E-state index contributed by atoms with van der Waals surface area (Å²) in [6.45, 7) is -1.46. The maximum atomic E-state index is 12.7. The Labute approximate surface area is 170 Å². The number of rotatable bonds is 6. The normalized spacial score (nSPS) is 19.2. The van der Waals surface area contributed by atoms with Crippen molar-refractivity contribution in [3.63, 3.8) is 0 Å². The molecule has 0 N–H and O–H groups in total. The van der Waals surface area contributed by atoms with Crippen LogP contribution < -0.4 is 9.47 Å². The maximum Gasteiger partial charge on any atom is 0.411 e. The van der Waals surface area contributed by atoms with Gasteiger partial charge in [0.2, 0.25) is 0 Å². The van der Waals surface area contributed by atoms with Gasteiger partial charge in [0.25, 0.3) is 0 Å². The second-order valence-corrected chi connectivity index (χ2v) is 7.57. The Hall–Kier alpha value is -2.72. The van der Waals surface area contributed by atoms with E-state index in [0.717, 1.165) is 12.1 Å². The van der Waals surface area contributed by atoms with Gasteiger partial charge in [-0.1, -0.05) is 6.07 Å². The van der Waals surface area contributed by atoms with Crippen LogP contribution in [-0.4, -0.2) is 55.5 Å². The van der Waals surface area contributed by atoms with Crippen LogP contribution in [0.4, 0.5) is 22.4 Å². The van der Waals surface area contributed by atoms with Crippen molar-refractivity contribution in [1.82, 2.24) is 4.90 Å². The van der Waals surface area contributed by atoms with Crippen molar-refractivity contribution in [2.24, 2.45) is 0 Å². The van der Waals surface area contributed by atoms with Gasteiger partial charge in [0.15, 0.2) is 11.5 Å². The smallest absolute Gasteiger partial charge is 0.411 e. The van der Waals surface area contributed by atoms with E-state index in [-0.39, 0.29) is 13.0 Å². The van der Waals surface area contributed by atoms with Gasteiger partial charge in [-0.05, 0) is 44.9 Å².